The number of hydrogen-bond donors (Lipinski definition) is 1. The van der Waals surface area contributed by atoms with Crippen LogP contribution in [0.5, 0.6) is 5.75 Å². The molecule has 1 N–H and O–H groups in total. The van der Waals surface area contributed by atoms with Gasteiger partial charge in [0.2, 0.25) is 0 Å². The Morgan fingerprint density at radius 3 is 2.95 bits per heavy atom. The number of methoxy groups -OCH3 is 1. The van der Waals surface area contributed by atoms with Crippen molar-refractivity contribution in [2.75, 3.05) is 33.8 Å². The van der Waals surface area contributed by atoms with Crippen molar-refractivity contribution in [2.45, 2.75) is 31.7 Å². The zero-order chi connectivity index (χ0) is 13.5. The Bertz CT molecular complexity index is 381. The maximum atomic E-state index is 5.39. The predicted octanol–water partition coefficient (Wildman–Crippen LogP) is 2.31. The van der Waals surface area contributed by atoms with E-state index in [4.69, 9.17) is 4.74 Å². The summed E-state index contributed by atoms with van der Waals surface area (Å²) in [5.41, 5.74) is 1.29. The summed E-state index contributed by atoms with van der Waals surface area (Å²) in [7, 11) is 3.96. The van der Waals surface area contributed by atoms with Crippen LogP contribution in [0.4, 0.5) is 0 Å². The highest BCUT2D eigenvalue weighted by Gasteiger charge is 2.14. The van der Waals surface area contributed by atoms with Gasteiger partial charge in [-0.3, -0.25) is 0 Å². The molecule has 0 aliphatic carbocycles. The lowest BCUT2D eigenvalue weighted by Gasteiger charge is -2.17. The molecule has 3 heteroatoms. The second-order valence-electron chi connectivity index (χ2n) is 5.45. The Morgan fingerprint density at radius 1 is 1.26 bits per heavy atom. The van der Waals surface area contributed by atoms with Crippen LogP contribution in [-0.4, -0.2) is 44.7 Å². The van der Waals surface area contributed by atoms with Crippen LogP contribution in [0, 0.1) is 0 Å². The van der Waals surface area contributed by atoms with Crippen molar-refractivity contribution in [3.05, 3.63) is 29.8 Å². The highest BCUT2D eigenvalue weighted by molar-refractivity contribution is 5.33. The van der Waals surface area contributed by atoms with E-state index in [1.807, 2.05) is 12.1 Å². The maximum absolute atomic E-state index is 5.39. The van der Waals surface area contributed by atoms with Gasteiger partial charge in [0, 0.05) is 6.04 Å². The Balaban J connectivity index is 1.76. The fraction of sp³-hybridized carbons (Fsp3) is 0.625. The van der Waals surface area contributed by atoms with Gasteiger partial charge < -0.3 is 15.0 Å². The minimum Gasteiger partial charge on any atom is -0.496 e. The topological polar surface area (TPSA) is 24.5 Å². The van der Waals surface area contributed by atoms with Gasteiger partial charge in [-0.25, -0.2) is 0 Å². The molecule has 2 rings (SSSR count). The summed E-state index contributed by atoms with van der Waals surface area (Å²) in [5.74, 6) is 1.00. The molecule has 1 aliphatic heterocycles. The van der Waals surface area contributed by atoms with Gasteiger partial charge in [0.1, 0.15) is 5.75 Å². The van der Waals surface area contributed by atoms with E-state index < -0.39 is 0 Å². The van der Waals surface area contributed by atoms with E-state index in [0.717, 1.165) is 18.7 Å². The van der Waals surface area contributed by atoms with Crippen molar-refractivity contribution < 1.29 is 4.74 Å². The van der Waals surface area contributed by atoms with Crippen molar-refractivity contribution in [1.82, 2.24) is 10.2 Å². The second-order valence-corrected chi connectivity index (χ2v) is 5.45. The minimum atomic E-state index is 0.680. The molecule has 1 unspecified atom stereocenters. The number of benzene rings is 1. The first-order valence-corrected chi connectivity index (χ1v) is 7.33. The number of likely N-dealkylation sites (tertiary alicyclic amines) is 1. The van der Waals surface area contributed by atoms with E-state index in [2.05, 4.69) is 29.4 Å². The standard InChI is InChI=1S/C16H26N2O/c1-18-12-5-7-15(10-13-18)17-11-9-14-6-3-4-8-16(14)19-2/h3-4,6,8,15,17H,5,7,9-13H2,1-2H3. The molecule has 1 fully saturated rings. The second kappa shape index (κ2) is 7.51. The number of rotatable bonds is 5. The van der Waals surface area contributed by atoms with Gasteiger partial charge in [0.15, 0.2) is 0 Å². The van der Waals surface area contributed by atoms with Gasteiger partial charge in [-0.1, -0.05) is 18.2 Å². The zero-order valence-electron chi connectivity index (χ0n) is 12.2. The quantitative estimate of drug-likeness (QED) is 0.881. The highest BCUT2D eigenvalue weighted by atomic mass is 16.5. The summed E-state index contributed by atoms with van der Waals surface area (Å²) in [6, 6.07) is 8.98. The summed E-state index contributed by atoms with van der Waals surface area (Å²) >= 11 is 0. The van der Waals surface area contributed by atoms with Crippen LogP contribution in [0.15, 0.2) is 24.3 Å². The third-order valence-electron chi connectivity index (χ3n) is 3.97. The summed E-state index contributed by atoms with van der Waals surface area (Å²) in [6.07, 6.45) is 4.91. The number of nitrogens with one attached hydrogen (secondary N) is 1. The third kappa shape index (κ3) is 4.51. The molecular weight excluding hydrogens is 236 g/mol. The molecule has 0 amide bonds. The Morgan fingerprint density at radius 2 is 2.11 bits per heavy atom. The van der Waals surface area contributed by atoms with E-state index in [1.54, 1.807) is 7.11 Å². The molecule has 1 aliphatic rings. The van der Waals surface area contributed by atoms with Crippen LogP contribution in [0.3, 0.4) is 0 Å². The monoisotopic (exact) mass is 262 g/mol. The van der Waals surface area contributed by atoms with Gasteiger partial charge in [0.05, 0.1) is 7.11 Å². The number of ether oxygens (including phenoxy) is 1. The van der Waals surface area contributed by atoms with Crippen LogP contribution in [0.1, 0.15) is 24.8 Å². The van der Waals surface area contributed by atoms with Crippen LogP contribution in [0.2, 0.25) is 0 Å². The van der Waals surface area contributed by atoms with Crippen molar-refractivity contribution in [3.8, 4) is 5.75 Å². The molecule has 3 nitrogen and oxygen atoms in total. The first kappa shape index (κ1) is 14.4. The molecule has 1 aromatic rings. The average Bonchev–Trinajstić information content (AvgIpc) is 2.64. The number of para-hydroxylation sites is 1. The van der Waals surface area contributed by atoms with Crippen LogP contribution >= 0.6 is 0 Å². The summed E-state index contributed by atoms with van der Waals surface area (Å²) in [5, 5.41) is 3.70. The smallest absolute Gasteiger partial charge is 0.122 e. The number of hydrogen-bond acceptors (Lipinski definition) is 3. The van der Waals surface area contributed by atoms with Crippen LogP contribution < -0.4 is 10.1 Å². The van der Waals surface area contributed by atoms with Crippen LogP contribution in [-0.2, 0) is 6.42 Å². The van der Waals surface area contributed by atoms with E-state index in [9.17, 15) is 0 Å². The molecule has 0 spiro atoms. The zero-order valence-corrected chi connectivity index (χ0v) is 12.2. The molecule has 0 saturated carbocycles. The van der Waals surface area contributed by atoms with Gasteiger partial charge in [-0.05, 0) is 64.0 Å². The largest absolute Gasteiger partial charge is 0.496 e. The molecule has 1 saturated heterocycles. The summed E-state index contributed by atoms with van der Waals surface area (Å²) in [6.45, 7) is 3.49. The molecular formula is C16H26N2O. The third-order valence-corrected chi connectivity index (χ3v) is 3.97. The molecule has 0 radical (unpaired) electrons. The normalized spacial score (nSPS) is 21.1. The summed E-state index contributed by atoms with van der Waals surface area (Å²) < 4.78 is 5.39. The van der Waals surface area contributed by atoms with Crippen molar-refractivity contribution in [2.24, 2.45) is 0 Å². The van der Waals surface area contributed by atoms with E-state index >= 15 is 0 Å². The average molecular weight is 262 g/mol. The molecule has 1 aromatic carbocycles. The highest BCUT2D eigenvalue weighted by Crippen LogP contribution is 2.17. The minimum absolute atomic E-state index is 0.680. The SMILES string of the molecule is COc1ccccc1CCNC1CCCN(C)CC1. The van der Waals surface area contributed by atoms with Crippen LogP contribution in [0.25, 0.3) is 0 Å². The van der Waals surface area contributed by atoms with E-state index in [0.29, 0.717) is 6.04 Å². The lowest BCUT2D eigenvalue weighted by atomic mass is 10.1. The molecule has 106 valence electrons. The molecule has 1 heterocycles. The van der Waals surface area contributed by atoms with Gasteiger partial charge >= 0.3 is 0 Å². The Labute approximate surface area is 116 Å². The molecule has 0 bridgehead atoms. The molecule has 0 aromatic heterocycles. The predicted molar refractivity (Wildman–Crippen MR) is 79.8 cm³/mol. The Kier molecular flexibility index (Phi) is 5.67. The van der Waals surface area contributed by atoms with Gasteiger partial charge in [-0.15, -0.1) is 0 Å². The van der Waals surface area contributed by atoms with Crippen molar-refractivity contribution >= 4 is 0 Å². The van der Waals surface area contributed by atoms with Gasteiger partial charge in [0.25, 0.3) is 0 Å². The fourth-order valence-electron chi connectivity index (χ4n) is 2.76. The molecule has 19 heavy (non-hydrogen) atoms. The molecule has 1 atom stereocenters. The fourth-order valence-corrected chi connectivity index (χ4v) is 2.76. The van der Waals surface area contributed by atoms with Gasteiger partial charge in [-0.2, -0.15) is 0 Å². The summed E-state index contributed by atoms with van der Waals surface area (Å²) in [4.78, 5) is 2.43. The first-order valence-electron chi connectivity index (χ1n) is 7.33. The number of nitrogens with zero attached hydrogens (tertiary/aromatic N) is 1. The van der Waals surface area contributed by atoms with E-state index in [1.165, 1.54) is 37.9 Å². The van der Waals surface area contributed by atoms with Crippen molar-refractivity contribution in [3.63, 3.8) is 0 Å². The Hall–Kier alpha value is -1.06. The maximum Gasteiger partial charge on any atom is 0.122 e. The lowest BCUT2D eigenvalue weighted by molar-refractivity contribution is 0.343. The first-order chi connectivity index (χ1) is 9.29. The lowest BCUT2D eigenvalue weighted by Crippen LogP contribution is -2.31. The van der Waals surface area contributed by atoms with Crippen molar-refractivity contribution in [1.29, 1.82) is 0 Å². The van der Waals surface area contributed by atoms with E-state index in [-0.39, 0.29) is 0 Å².